The fourth-order valence-electron chi connectivity index (χ4n) is 3.69. The number of nitrogens with one attached hydrogen (secondary N) is 1. The molecule has 126 valence electrons. The van der Waals surface area contributed by atoms with E-state index in [0.29, 0.717) is 5.92 Å². The van der Waals surface area contributed by atoms with Crippen molar-refractivity contribution in [1.82, 2.24) is 9.97 Å². The molecule has 0 bridgehead atoms. The number of H-pyrrole nitrogens is 1. The summed E-state index contributed by atoms with van der Waals surface area (Å²) in [6.45, 7) is 1.60. The van der Waals surface area contributed by atoms with E-state index < -0.39 is 0 Å². The van der Waals surface area contributed by atoms with Gasteiger partial charge in [0.2, 0.25) is 0 Å². The van der Waals surface area contributed by atoms with Crippen molar-refractivity contribution in [3.63, 3.8) is 0 Å². The monoisotopic (exact) mass is 330 g/mol. The molecule has 3 heteroatoms. The zero-order valence-electron chi connectivity index (χ0n) is 14.5. The third-order valence-electron chi connectivity index (χ3n) is 5.09. The molecular weight excluding hydrogens is 308 g/mol. The molecule has 1 N–H and O–H groups in total. The zero-order chi connectivity index (χ0) is 17.2. The number of benzene rings is 1. The van der Waals surface area contributed by atoms with Gasteiger partial charge in [-0.2, -0.15) is 0 Å². The predicted octanol–water partition coefficient (Wildman–Crippen LogP) is 5.39. The fourth-order valence-corrected chi connectivity index (χ4v) is 3.69. The van der Waals surface area contributed by atoms with Gasteiger partial charge in [0, 0.05) is 28.4 Å². The van der Waals surface area contributed by atoms with Gasteiger partial charge in [0.25, 0.3) is 0 Å². The summed E-state index contributed by atoms with van der Waals surface area (Å²) in [4.78, 5) is 19.4. The van der Waals surface area contributed by atoms with Crippen LogP contribution in [-0.2, 0) is 0 Å². The molecule has 2 heterocycles. The third-order valence-corrected chi connectivity index (χ3v) is 5.09. The van der Waals surface area contributed by atoms with Crippen molar-refractivity contribution in [2.24, 2.45) is 5.92 Å². The van der Waals surface area contributed by atoms with Gasteiger partial charge >= 0.3 is 0 Å². The van der Waals surface area contributed by atoms with E-state index in [1.807, 2.05) is 24.4 Å². The van der Waals surface area contributed by atoms with Gasteiger partial charge in [-0.25, -0.2) is 4.98 Å². The third kappa shape index (κ3) is 3.27. The number of rotatable bonds is 4. The lowest BCUT2D eigenvalue weighted by molar-refractivity contribution is 0.101. The minimum atomic E-state index is 0.0997. The van der Waals surface area contributed by atoms with Crippen LogP contribution in [0.3, 0.4) is 0 Å². The number of hydrogen-bond acceptors (Lipinski definition) is 2. The molecule has 1 aliphatic carbocycles. The Labute approximate surface area is 147 Å². The highest BCUT2D eigenvalue weighted by Crippen LogP contribution is 2.33. The lowest BCUT2D eigenvalue weighted by Crippen LogP contribution is -1.96. The fraction of sp³-hybridized carbons (Fsp3) is 0.273. The van der Waals surface area contributed by atoms with Crippen molar-refractivity contribution in [3.8, 4) is 0 Å². The van der Waals surface area contributed by atoms with Crippen LogP contribution in [-0.4, -0.2) is 15.8 Å². The van der Waals surface area contributed by atoms with Gasteiger partial charge in [-0.15, -0.1) is 0 Å². The average molecular weight is 330 g/mol. The number of Topliss-reactive ketones (excluding diaryl/α,β-unsaturated/α-hetero) is 1. The molecule has 0 amide bonds. The molecule has 1 aromatic carbocycles. The van der Waals surface area contributed by atoms with E-state index in [1.54, 1.807) is 6.92 Å². The quantitative estimate of drug-likeness (QED) is 0.652. The molecule has 0 atom stereocenters. The van der Waals surface area contributed by atoms with E-state index >= 15 is 0 Å². The van der Waals surface area contributed by atoms with Crippen LogP contribution in [0.15, 0.2) is 54.7 Å². The van der Waals surface area contributed by atoms with E-state index in [4.69, 9.17) is 0 Å². The largest absolute Gasteiger partial charge is 0.339 e. The number of ketones is 1. The van der Waals surface area contributed by atoms with Gasteiger partial charge in [-0.05, 0) is 49.4 Å². The maximum atomic E-state index is 11.6. The number of aromatic nitrogens is 2. The Morgan fingerprint density at radius 2 is 1.84 bits per heavy atom. The first-order valence-electron chi connectivity index (χ1n) is 8.98. The summed E-state index contributed by atoms with van der Waals surface area (Å²) in [6, 6.07) is 14.1. The standard InChI is InChI=1S/C22H22N2O/c1-15(25)17-8-10-18(11-9-17)20(13-16-5-2-3-6-16)21-14-19-7-4-12-23-22(19)24-21/h4,7-14,16H,2-3,5-6H2,1H3,(H,23,24). The lowest BCUT2D eigenvalue weighted by atomic mass is 9.95. The summed E-state index contributed by atoms with van der Waals surface area (Å²) >= 11 is 0. The molecule has 4 rings (SSSR count). The Balaban J connectivity index is 1.79. The Kier molecular flexibility index (Phi) is 4.22. The highest BCUT2D eigenvalue weighted by molar-refractivity contribution is 5.95. The molecule has 0 unspecified atom stereocenters. The second kappa shape index (κ2) is 6.67. The number of pyridine rings is 1. The lowest BCUT2D eigenvalue weighted by Gasteiger charge is -2.11. The summed E-state index contributed by atoms with van der Waals surface area (Å²) in [7, 11) is 0. The van der Waals surface area contributed by atoms with E-state index in [1.165, 1.54) is 31.3 Å². The second-order valence-corrected chi connectivity index (χ2v) is 6.88. The van der Waals surface area contributed by atoms with Crippen molar-refractivity contribution in [2.45, 2.75) is 32.6 Å². The van der Waals surface area contributed by atoms with Crippen LogP contribution < -0.4 is 0 Å². The van der Waals surface area contributed by atoms with E-state index in [9.17, 15) is 4.79 Å². The van der Waals surface area contributed by atoms with Gasteiger partial charge in [0.05, 0.1) is 0 Å². The SMILES string of the molecule is CC(=O)c1ccc(C(=CC2CCCC2)c2cc3cccnc3[nH]2)cc1. The van der Waals surface area contributed by atoms with Crippen molar-refractivity contribution in [1.29, 1.82) is 0 Å². The van der Waals surface area contributed by atoms with Crippen molar-refractivity contribution in [2.75, 3.05) is 0 Å². The van der Waals surface area contributed by atoms with Crippen molar-refractivity contribution >= 4 is 22.4 Å². The van der Waals surface area contributed by atoms with Gasteiger partial charge in [-0.3, -0.25) is 4.79 Å². The van der Waals surface area contributed by atoms with Crippen LogP contribution >= 0.6 is 0 Å². The average Bonchev–Trinajstić information content (AvgIpc) is 3.29. The number of fused-ring (bicyclic) bond motifs is 1. The molecule has 1 fully saturated rings. The molecule has 25 heavy (non-hydrogen) atoms. The number of carbonyl (C=O) groups is 1. The first-order valence-corrected chi connectivity index (χ1v) is 8.98. The first kappa shape index (κ1) is 15.8. The molecule has 0 spiro atoms. The highest BCUT2D eigenvalue weighted by atomic mass is 16.1. The van der Waals surface area contributed by atoms with Crippen LogP contribution in [0, 0.1) is 5.92 Å². The number of nitrogens with zero attached hydrogens (tertiary/aromatic N) is 1. The second-order valence-electron chi connectivity index (χ2n) is 6.88. The molecule has 1 saturated carbocycles. The van der Waals surface area contributed by atoms with E-state index in [2.05, 4.69) is 40.3 Å². The molecule has 0 radical (unpaired) electrons. The Hall–Kier alpha value is -2.68. The topological polar surface area (TPSA) is 45.8 Å². The Morgan fingerprint density at radius 3 is 2.52 bits per heavy atom. The van der Waals surface area contributed by atoms with E-state index in [-0.39, 0.29) is 5.78 Å². The number of aromatic amines is 1. The zero-order valence-corrected chi connectivity index (χ0v) is 14.5. The Morgan fingerprint density at radius 1 is 1.12 bits per heavy atom. The Bertz CT molecular complexity index is 895. The molecule has 0 saturated heterocycles. The first-order chi connectivity index (χ1) is 12.2. The minimum absolute atomic E-state index is 0.0997. The minimum Gasteiger partial charge on any atom is -0.339 e. The van der Waals surface area contributed by atoms with Gasteiger partial charge in [0.15, 0.2) is 5.78 Å². The molecule has 3 aromatic rings. The number of hydrogen-bond donors (Lipinski definition) is 1. The molecule has 0 aliphatic heterocycles. The number of allylic oxidation sites excluding steroid dienone is 1. The maximum absolute atomic E-state index is 11.6. The molecular formula is C22H22N2O. The molecule has 3 nitrogen and oxygen atoms in total. The normalized spacial score (nSPS) is 15.8. The van der Waals surface area contributed by atoms with Crippen LogP contribution in [0.2, 0.25) is 0 Å². The van der Waals surface area contributed by atoms with Crippen LogP contribution in [0.5, 0.6) is 0 Å². The van der Waals surface area contributed by atoms with Crippen LogP contribution in [0.1, 0.15) is 54.2 Å². The highest BCUT2D eigenvalue weighted by Gasteiger charge is 2.16. The summed E-state index contributed by atoms with van der Waals surface area (Å²) in [6.07, 6.45) is 9.35. The maximum Gasteiger partial charge on any atom is 0.159 e. The van der Waals surface area contributed by atoms with Gasteiger partial charge in [0.1, 0.15) is 5.65 Å². The van der Waals surface area contributed by atoms with Gasteiger partial charge < -0.3 is 4.98 Å². The summed E-state index contributed by atoms with van der Waals surface area (Å²) in [5, 5.41) is 1.12. The summed E-state index contributed by atoms with van der Waals surface area (Å²) in [5.74, 6) is 0.726. The number of carbonyl (C=O) groups excluding carboxylic acids is 1. The molecule has 1 aliphatic rings. The van der Waals surface area contributed by atoms with E-state index in [0.717, 1.165) is 27.9 Å². The van der Waals surface area contributed by atoms with Crippen LogP contribution in [0.4, 0.5) is 0 Å². The van der Waals surface area contributed by atoms with Crippen molar-refractivity contribution < 1.29 is 4.79 Å². The predicted molar refractivity (Wildman–Crippen MR) is 102 cm³/mol. The van der Waals surface area contributed by atoms with Crippen LogP contribution in [0.25, 0.3) is 16.6 Å². The smallest absolute Gasteiger partial charge is 0.159 e. The van der Waals surface area contributed by atoms with Gasteiger partial charge in [-0.1, -0.05) is 43.2 Å². The summed E-state index contributed by atoms with van der Waals surface area (Å²) in [5.41, 5.74) is 5.11. The molecule has 2 aromatic heterocycles. The van der Waals surface area contributed by atoms with Crippen molar-refractivity contribution in [3.05, 3.63) is 71.6 Å². The summed E-state index contributed by atoms with van der Waals surface area (Å²) < 4.78 is 0.